The molecule has 0 radical (unpaired) electrons. The van der Waals surface area contributed by atoms with Crippen molar-refractivity contribution >= 4 is 40.7 Å². The third-order valence-corrected chi connectivity index (χ3v) is 7.66. The molecular weight excluding hydrogens is 452 g/mol. The molecule has 0 bridgehead atoms. The van der Waals surface area contributed by atoms with E-state index in [1.54, 1.807) is 15.9 Å². The zero-order chi connectivity index (χ0) is 23.9. The molecule has 3 aliphatic rings. The smallest absolute Gasteiger partial charge is 0.257 e. The molecule has 2 saturated heterocycles. The molecule has 0 aromatic heterocycles. The molecule has 1 unspecified atom stereocenters. The minimum Gasteiger partial charge on any atom is -0.367 e. The van der Waals surface area contributed by atoms with Crippen molar-refractivity contribution < 1.29 is 14.4 Å². The number of rotatable bonds is 5. The van der Waals surface area contributed by atoms with E-state index in [0.29, 0.717) is 56.6 Å². The van der Waals surface area contributed by atoms with Crippen LogP contribution in [0.3, 0.4) is 0 Å². The van der Waals surface area contributed by atoms with Crippen LogP contribution in [-0.2, 0) is 9.59 Å². The molecule has 2 aromatic carbocycles. The number of hydrogen-bond donors (Lipinski definition) is 0. The van der Waals surface area contributed by atoms with Gasteiger partial charge >= 0.3 is 0 Å². The SMILES string of the molecule is CC12CCC(=O)N1c1ccccc1C(=O)N2CCCC(=O)N1CCN(c2ccccc2Cl)CC1. The maximum Gasteiger partial charge on any atom is 0.257 e. The van der Waals surface area contributed by atoms with Crippen LogP contribution in [0.5, 0.6) is 0 Å². The van der Waals surface area contributed by atoms with Gasteiger partial charge in [0.2, 0.25) is 11.8 Å². The maximum absolute atomic E-state index is 13.3. The van der Waals surface area contributed by atoms with Crippen molar-refractivity contribution in [3.05, 3.63) is 59.1 Å². The minimum atomic E-state index is -0.674. The molecule has 178 valence electrons. The predicted molar refractivity (Wildman–Crippen MR) is 132 cm³/mol. The van der Waals surface area contributed by atoms with Gasteiger partial charge in [-0.1, -0.05) is 35.9 Å². The number of benzene rings is 2. The Bertz CT molecular complexity index is 1130. The Balaban J connectivity index is 1.20. The first-order valence-electron chi connectivity index (χ1n) is 11.9. The number of anilines is 2. The Labute approximate surface area is 204 Å². The molecule has 0 N–H and O–H groups in total. The zero-order valence-electron chi connectivity index (χ0n) is 19.4. The van der Waals surface area contributed by atoms with Gasteiger partial charge in [0.05, 0.1) is 22.0 Å². The number of piperazine rings is 1. The summed E-state index contributed by atoms with van der Waals surface area (Å²) >= 11 is 6.32. The van der Waals surface area contributed by atoms with Crippen LogP contribution in [0.1, 0.15) is 43.0 Å². The summed E-state index contributed by atoms with van der Waals surface area (Å²) in [6, 6.07) is 15.1. The van der Waals surface area contributed by atoms with Crippen LogP contribution in [-0.4, -0.2) is 65.9 Å². The lowest BCUT2D eigenvalue weighted by Gasteiger charge is -2.48. The van der Waals surface area contributed by atoms with Crippen LogP contribution in [0.2, 0.25) is 5.02 Å². The summed E-state index contributed by atoms with van der Waals surface area (Å²) in [7, 11) is 0. The summed E-state index contributed by atoms with van der Waals surface area (Å²) in [4.78, 5) is 46.6. The molecular formula is C26H29ClN4O3. The standard InChI is InChI=1S/C26H29ClN4O3/c1-26-13-12-24(33)31(26)21-9-4-2-7-19(21)25(34)30(26)14-6-11-23(32)29-17-15-28(16-18-29)22-10-5-3-8-20(22)27/h2-5,7-10H,6,11-18H2,1H3. The van der Waals surface area contributed by atoms with Gasteiger partial charge in [-0.25, -0.2) is 0 Å². The van der Waals surface area contributed by atoms with Crippen LogP contribution < -0.4 is 9.80 Å². The second kappa shape index (κ2) is 8.95. The van der Waals surface area contributed by atoms with E-state index < -0.39 is 5.66 Å². The highest BCUT2D eigenvalue weighted by Gasteiger charge is 2.52. The van der Waals surface area contributed by atoms with Crippen molar-refractivity contribution in [3.8, 4) is 0 Å². The Morgan fingerprint density at radius 3 is 2.38 bits per heavy atom. The van der Waals surface area contributed by atoms with Crippen molar-refractivity contribution in [1.82, 2.24) is 9.80 Å². The van der Waals surface area contributed by atoms with Gasteiger partial charge in [-0.2, -0.15) is 0 Å². The molecule has 34 heavy (non-hydrogen) atoms. The summed E-state index contributed by atoms with van der Waals surface area (Å²) in [5.41, 5.74) is 1.58. The van der Waals surface area contributed by atoms with Crippen molar-refractivity contribution in [2.45, 2.75) is 38.3 Å². The third-order valence-electron chi connectivity index (χ3n) is 7.34. The van der Waals surface area contributed by atoms with Crippen molar-refractivity contribution in [2.24, 2.45) is 0 Å². The minimum absolute atomic E-state index is 0.0416. The number of hydrogen-bond acceptors (Lipinski definition) is 4. The van der Waals surface area contributed by atoms with Gasteiger partial charge in [-0.05, 0) is 44.0 Å². The lowest BCUT2D eigenvalue weighted by molar-refractivity contribution is -0.131. The van der Waals surface area contributed by atoms with E-state index in [9.17, 15) is 14.4 Å². The van der Waals surface area contributed by atoms with Gasteiger partial charge in [0, 0.05) is 45.6 Å². The monoisotopic (exact) mass is 480 g/mol. The van der Waals surface area contributed by atoms with Crippen LogP contribution in [0, 0.1) is 0 Å². The Kier molecular flexibility index (Phi) is 5.98. The molecule has 2 aromatic rings. The van der Waals surface area contributed by atoms with E-state index in [1.807, 2.05) is 54.3 Å². The number of fused-ring (bicyclic) bond motifs is 3. The molecule has 0 aliphatic carbocycles. The molecule has 5 rings (SSSR count). The number of para-hydroxylation sites is 2. The fraction of sp³-hybridized carbons (Fsp3) is 0.423. The molecule has 3 heterocycles. The molecule has 2 fully saturated rings. The van der Waals surface area contributed by atoms with Gasteiger partial charge in [0.25, 0.3) is 5.91 Å². The van der Waals surface area contributed by atoms with Crippen LogP contribution in [0.4, 0.5) is 11.4 Å². The van der Waals surface area contributed by atoms with Crippen molar-refractivity contribution in [2.75, 3.05) is 42.5 Å². The second-order valence-electron chi connectivity index (χ2n) is 9.34. The molecule has 0 spiro atoms. The quantitative estimate of drug-likeness (QED) is 0.653. The van der Waals surface area contributed by atoms with Crippen LogP contribution in [0.25, 0.3) is 0 Å². The van der Waals surface area contributed by atoms with Gasteiger partial charge in [0.15, 0.2) is 0 Å². The molecule has 7 nitrogen and oxygen atoms in total. The van der Waals surface area contributed by atoms with E-state index in [4.69, 9.17) is 11.6 Å². The van der Waals surface area contributed by atoms with Gasteiger partial charge < -0.3 is 14.7 Å². The van der Waals surface area contributed by atoms with E-state index >= 15 is 0 Å². The van der Waals surface area contributed by atoms with Gasteiger partial charge in [-0.3, -0.25) is 19.3 Å². The highest BCUT2D eigenvalue weighted by Crippen LogP contribution is 2.44. The normalized spacial score (nSPS) is 22.2. The topological polar surface area (TPSA) is 64.2 Å². The fourth-order valence-corrected chi connectivity index (χ4v) is 5.75. The second-order valence-corrected chi connectivity index (χ2v) is 9.75. The van der Waals surface area contributed by atoms with E-state index in [-0.39, 0.29) is 17.7 Å². The molecule has 8 heteroatoms. The van der Waals surface area contributed by atoms with E-state index in [0.717, 1.165) is 23.8 Å². The maximum atomic E-state index is 13.3. The van der Waals surface area contributed by atoms with Crippen LogP contribution in [0.15, 0.2) is 48.5 Å². The molecule has 1 atom stereocenters. The van der Waals surface area contributed by atoms with Crippen molar-refractivity contribution in [1.29, 1.82) is 0 Å². The number of amides is 3. The first-order valence-corrected chi connectivity index (χ1v) is 12.3. The Morgan fingerprint density at radius 1 is 0.971 bits per heavy atom. The summed E-state index contributed by atoms with van der Waals surface area (Å²) < 4.78 is 0. The van der Waals surface area contributed by atoms with Gasteiger partial charge in [0.1, 0.15) is 5.66 Å². The Morgan fingerprint density at radius 2 is 1.65 bits per heavy atom. The highest BCUT2D eigenvalue weighted by molar-refractivity contribution is 6.33. The summed E-state index contributed by atoms with van der Waals surface area (Å²) in [6.07, 6.45) is 1.96. The lowest BCUT2D eigenvalue weighted by atomic mass is 9.98. The number of nitrogens with zero attached hydrogens (tertiary/aromatic N) is 4. The average Bonchev–Trinajstić information content (AvgIpc) is 3.16. The first-order chi connectivity index (χ1) is 16.4. The predicted octanol–water partition coefficient (Wildman–Crippen LogP) is 3.77. The largest absolute Gasteiger partial charge is 0.367 e. The van der Waals surface area contributed by atoms with Gasteiger partial charge in [-0.15, -0.1) is 0 Å². The summed E-state index contributed by atoms with van der Waals surface area (Å²) in [6.45, 7) is 5.19. The summed E-state index contributed by atoms with van der Waals surface area (Å²) in [5, 5.41) is 0.725. The fourth-order valence-electron chi connectivity index (χ4n) is 5.49. The van der Waals surface area contributed by atoms with Crippen LogP contribution >= 0.6 is 11.6 Å². The average molecular weight is 481 g/mol. The molecule has 3 amide bonds. The van der Waals surface area contributed by atoms with E-state index in [2.05, 4.69) is 4.90 Å². The number of carbonyl (C=O) groups excluding carboxylic acids is 3. The zero-order valence-corrected chi connectivity index (χ0v) is 20.1. The van der Waals surface area contributed by atoms with E-state index in [1.165, 1.54) is 0 Å². The number of carbonyl (C=O) groups is 3. The first kappa shape index (κ1) is 22.7. The summed E-state index contributed by atoms with van der Waals surface area (Å²) in [5.74, 6) is 0.0814. The molecule has 3 aliphatic heterocycles. The molecule has 0 saturated carbocycles. The van der Waals surface area contributed by atoms with Crippen molar-refractivity contribution in [3.63, 3.8) is 0 Å². The lowest BCUT2D eigenvalue weighted by Crippen LogP contribution is -2.62. The highest BCUT2D eigenvalue weighted by atomic mass is 35.5. The third kappa shape index (κ3) is 3.82. The number of halogens is 1. The Hall–Kier alpha value is -3.06.